The molecule has 0 unspecified atom stereocenters. The van der Waals surface area contributed by atoms with Crippen LogP contribution < -0.4 is 15.8 Å². The Kier molecular flexibility index (Phi) is 6.15. The van der Waals surface area contributed by atoms with E-state index in [1.807, 2.05) is 0 Å². The Hall–Kier alpha value is -1.44. The molecule has 3 N–H and O–H groups in total. The Morgan fingerprint density at radius 1 is 1.43 bits per heavy atom. The van der Waals surface area contributed by atoms with Gasteiger partial charge >= 0.3 is 6.61 Å². The van der Waals surface area contributed by atoms with E-state index in [-0.39, 0.29) is 24.7 Å². The number of hydrogen-bond acceptors (Lipinski definition) is 4. The number of alkyl halides is 2. The lowest BCUT2D eigenvalue weighted by Crippen LogP contribution is -2.49. The highest BCUT2D eigenvalue weighted by Gasteiger charge is 2.38. The SMILES string of the molecule is NCC1(C(=O)NCc2cc(Cl)ccc2OC(F)F)CCOCC1. The van der Waals surface area contributed by atoms with Crippen LogP contribution in [0.15, 0.2) is 18.2 Å². The minimum atomic E-state index is -2.95. The van der Waals surface area contributed by atoms with Crippen LogP contribution in [0.1, 0.15) is 18.4 Å². The van der Waals surface area contributed by atoms with Gasteiger partial charge in [-0.05, 0) is 31.0 Å². The van der Waals surface area contributed by atoms with Gasteiger partial charge in [-0.2, -0.15) is 8.78 Å². The molecule has 1 saturated heterocycles. The van der Waals surface area contributed by atoms with E-state index in [0.717, 1.165) is 0 Å². The Morgan fingerprint density at radius 2 is 2.13 bits per heavy atom. The van der Waals surface area contributed by atoms with Crippen molar-refractivity contribution in [2.75, 3.05) is 19.8 Å². The fourth-order valence-electron chi connectivity index (χ4n) is 2.55. The quantitative estimate of drug-likeness (QED) is 0.827. The van der Waals surface area contributed by atoms with E-state index in [1.165, 1.54) is 18.2 Å². The summed E-state index contributed by atoms with van der Waals surface area (Å²) >= 11 is 5.88. The minimum absolute atomic E-state index is 0.0153. The number of ether oxygens (including phenoxy) is 2. The Morgan fingerprint density at radius 3 is 2.74 bits per heavy atom. The summed E-state index contributed by atoms with van der Waals surface area (Å²) in [6.07, 6.45) is 1.07. The number of nitrogens with one attached hydrogen (secondary N) is 1. The predicted molar refractivity (Wildman–Crippen MR) is 81.5 cm³/mol. The summed E-state index contributed by atoms with van der Waals surface area (Å²) in [5, 5.41) is 3.11. The summed E-state index contributed by atoms with van der Waals surface area (Å²) in [5.74, 6) is -0.232. The Labute approximate surface area is 138 Å². The van der Waals surface area contributed by atoms with E-state index in [4.69, 9.17) is 22.1 Å². The number of nitrogens with two attached hydrogens (primary N) is 1. The minimum Gasteiger partial charge on any atom is -0.434 e. The summed E-state index contributed by atoms with van der Waals surface area (Å²) in [6.45, 7) is -1.76. The van der Waals surface area contributed by atoms with E-state index < -0.39 is 12.0 Å². The molecule has 1 amide bonds. The summed E-state index contributed by atoms with van der Waals surface area (Å²) in [4.78, 5) is 12.5. The molecule has 1 heterocycles. The van der Waals surface area contributed by atoms with Crippen LogP contribution >= 0.6 is 11.6 Å². The van der Waals surface area contributed by atoms with Gasteiger partial charge in [-0.1, -0.05) is 11.6 Å². The van der Waals surface area contributed by atoms with Crippen LogP contribution in [0.5, 0.6) is 5.75 Å². The second-order valence-corrected chi connectivity index (χ2v) is 5.85. The summed E-state index contributed by atoms with van der Waals surface area (Å²) in [7, 11) is 0. The topological polar surface area (TPSA) is 73.6 Å². The molecule has 0 saturated carbocycles. The number of hydrogen-bond donors (Lipinski definition) is 2. The van der Waals surface area contributed by atoms with E-state index >= 15 is 0 Å². The molecule has 2 rings (SSSR count). The van der Waals surface area contributed by atoms with Crippen LogP contribution in [0.2, 0.25) is 5.02 Å². The molecule has 23 heavy (non-hydrogen) atoms. The van der Waals surface area contributed by atoms with Gasteiger partial charge in [-0.25, -0.2) is 0 Å². The van der Waals surface area contributed by atoms with E-state index in [0.29, 0.717) is 36.6 Å². The maximum absolute atomic E-state index is 12.5. The van der Waals surface area contributed by atoms with Gasteiger partial charge in [0, 0.05) is 36.9 Å². The Balaban J connectivity index is 2.07. The maximum Gasteiger partial charge on any atom is 0.387 e. The average molecular weight is 349 g/mol. The normalized spacial score (nSPS) is 17.1. The van der Waals surface area contributed by atoms with Gasteiger partial charge in [0.1, 0.15) is 5.75 Å². The van der Waals surface area contributed by atoms with Gasteiger partial charge in [0.2, 0.25) is 5.91 Å². The van der Waals surface area contributed by atoms with Gasteiger partial charge in [0.05, 0.1) is 5.41 Å². The Bertz CT molecular complexity index is 552. The van der Waals surface area contributed by atoms with E-state index in [2.05, 4.69) is 10.1 Å². The molecule has 0 bridgehead atoms. The first-order chi connectivity index (χ1) is 11.0. The van der Waals surface area contributed by atoms with Crippen molar-refractivity contribution >= 4 is 17.5 Å². The largest absolute Gasteiger partial charge is 0.434 e. The highest BCUT2D eigenvalue weighted by atomic mass is 35.5. The highest BCUT2D eigenvalue weighted by molar-refractivity contribution is 6.30. The second-order valence-electron chi connectivity index (χ2n) is 5.41. The molecule has 1 aromatic rings. The van der Waals surface area contributed by atoms with Crippen molar-refractivity contribution in [1.29, 1.82) is 0 Å². The molecular formula is C15H19ClF2N2O3. The lowest BCUT2D eigenvalue weighted by molar-refractivity contribution is -0.136. The summed E-state index contributed by atoms with van der Waals surface area (Å²) in [5.41, 5.74) is 5.47. The molecule has 1 aromatic carbocycles. The molecule has 5 nitrogen and oxygen atoms in total. The van der Waals surface area contributed by atoms with Gasteiger partial charge < -0.3 is 20.5 Å². The first-order valence-electron chi connectivity index (χ1n) is 7.26. The molecular weight excluding hydrogens is 330 g/mol. The molecule has 0 atom stereocenters. The summed E-state index contributed by atoms with van der Waals surface area (Å²) < 4.78 is 34.6. The number of halogens is 3. The first kappa shape index (κ1) is 17.9. The standard InChI is InChI=1S/C15H19ClF2N2O3/c16-11-1-2-12(23-14(17)18)10(7-11)8-20-13(21)15(9-19)3-5-22-6-4-15/h1-2,7,14H,3-6,8-9,19H2,(H,20,21). The molecule has 1 aliphatic heterocycles. The third-order valence-electron chi connectivity index (χ3n) is 4.00. The third-order valence-corrected chi connectivity index (χ3v) is 4.24. The monoisotopic (exact) mass is 348 g/mol. The van der Waals surface area contributed by atoms with Crippen molar-refractivity contribution in [3.8, 4) is 5.75 Å². The zero-order valence-corrected chi connectivity index (χ0v) is 13.2. The second kappa shape index (κ2) is 7.90. The average Bonchev–Trinajstić information content (AvgIpc) is 2.55. The zero-order valence-electron chi connectivity index (χ0n) is 12.5. The van der Waals surface area contributed by atoms with Crippen LogP contribution in [0.3, 0.4) is 0 Å². The molecule has 128 valence electrons. The predicted octanol–water partition coefficient (Wildman–Crippen LogP) is 2.31. The van der Waals surface area contributed by atoms with Crippen molar-refractivity contribution in [3.05, 3.63) is 28.8 Å². The molecule has 0 radical (unpaired) electrons. The van der Waals surface area contributed by atoms with Gasteiger partial charge in [0.15, 0.2) is 0 Å². The van der Waals surface area contributed by atoms with Gasteiger partial charge in [-0.3, -0.25) is 4.79 Å². The molecule has 8 heteroatoms. The lowest BCUT2D eigenvalue weighted by Gasteiger charge is -2.34. The fraction of sp³-hybridized carbons (Fsp3) is 0.533. The van der Waals surface area contributed by atoms with Crippen molar-refractivity contribution in [2.24, 2.45) is 11.1 Å². The molecule has 1 fully saturated rings. The van der Waals surface area contributed by atoms with Crippen molar-refractivity contribution < 1.29 is 23.0 Å². The smallest absolute Gasteiger partial charge is 0.387 e. The van der Waals surface area contributed by atoms with Crippen LogP contribution in [0.25, 0.3) is 0 Å². The number of carbonyl (C=O) groups is 1. The molecule has 0 spiro atoms. The van der Waals surface area contributed by atoms with Crippen LogP contribution in [0.4, 0.5) is 8.78 Å². The maximum atomic E-state index is 12.5. The van der Waals surface area contributed by atoms with Crippen LogP contribution in [-0.4, -0.2) is 32.3 Å². The highest BCUT2D eigenvalue weighted by Crippen LogP contribution is 2.30. The van der Waals surface area contributed by atoms with Gasteiger partial charge in [-0.15, -0.1) is 0 Å². The van der Waals surface area contributed by atoms with Gasteiger partial charge in [0.25, 0.3) is 0 Å². The van der Waals surface area contributed by atoms with Crippen LogP contribution in [-0.2, 0) is 16.1 Å². The number of carbonyl (C=O) groups excluding carboxylic acids is 1. The van der Waals surface area contributed by atoms with E-state index in [1.54, 1.807) is 0 Å². The molecule has 1 aliphatic rings. The van der Waals surface area contributed by atoms with E-state index in [9.17, 15) is 13.6 Å². The van der Waals surface area contributed by atoms with Crippen molar-refractivity contribution in [3.63, 3.8) is 0 Å². The van der Waals surface area contributed by atoms with Crippen molar-refractivity contribution in [2.45, 2.75) is 26.0 Å². The third kappa shape index (κ3) is 4.53. The lowest BCUT2D eigenvalue weighted by atomic mass is 9.79. The summed E-state index contributed by atoms with van der Waals surface area (Å²) in [6, 6.07) is 4.28. The number of amides is 1. The first-order valence-corrected chi connectivity index (χ1v) is 7.64. The molecule has 0 aliphatic carbocycles. The number of benzene rings is 1. The van der Waals surface area contributed by atoms with Crippen LogP contribution in [0, 0.1) is 5.41 Å². The molecule has 0 aromatic heterocycles. The zero-order chi connectivity index (χ0) is 16.9. The fourth-order valence-corrected chi connectivity index (χ4v) is 2.74. The number of rotatable bonds is 6. The van der Waals surface area contributed by atoms with Crippen molar-refractivity contribution in [1.82, 2.24) is 5.32 Å².